The molecule has 0 aromatic heterocycles. The maximum atomic E-state index is 13.0. The molecule has 2 fully saturated rings. The molecule has 1 amide bonds. The molecule has 10 heteroatoms. The number of nitrogens with zero attached hydrogens (tertiary/aromatic N) is 2. The van der Waals surface area contributed by atoms with Crippen LogP contribution >= 0.6 is 35.0 Å². The summed E-state index contributed by atoms with van der Waals surface area (Å²) in [5.74, 6) is 0.724. The van der Waals surface area contributed by atoms with Crippen molar-refractivity contribution < 1.29 is 17.9 Å². The van der Waals surface area contributed by atoms with Gasteiger partial charge in [-0.15, -0.1) is 0 Å². The van der Waals surface area contributed by atoms with Crippen LogP contribution in [-0.2, 0) is 21.1 Å². The van der Waals surface area contributed by atoms with Crippen molar-refractivity contribution in [1.82, 2.24) is 0 Å². The van der Waals surface area contributed by atoms with Gasteiger partial charge in [0.25, 0.3) is 5.91 Å². The van der Waals surface area contributed by atoms with Gasteiger partial charge in [0.1, 0.15) is 5.75 Å². The minimum absolute atomic E-state index is 0.0190. The van der Waals surface area contributed by atoms with Crippen molar-refractivity contribution in [3.05, 3.63) is 87.9 Å². The number of amidine groups is 1. The van der Waals surface area contributed by atoms with E-state index in [9.17, 15) is 13.2 Å². The van der Waals surface area contributed by atoms with Gasteiger partial charge in [-0.05, 0) is 54.4 Å². The number of carbonyl (C=O) groups is 1. The summed E-state index contributed by atoms with van der Waals surface area (Å²) in [6.07, 6.45) is 0.0351. The quantitative estimate of drug-likeness (QED) is 0.384. The summed E-state index contributed by atoms with van der Waals surface area (Å²) < 4.78 is 31.2. The summed E-state index contributed by atoms with van der Waals surface area (Å²) in [5.41, 5.74) is 2.27. The van der Waals surface area contributed by atoms with Gasteiger partial charge in [0, 0.05) is 15.3 Å². The number of sulfone groups is 1. The molecule has 0 bridgehead atoms. The summed E-state index contributed by atoms with van der Waals surface area (Å²) in [7, 11) is -3.23. The van der Waals surface area contributed by atoms with Crippen LogP contribution in [-0.4, -0.2) is 42.3 Å². The number of rotatable bonds is 5. The van der Waals surface area contributed by atoms with Crippen molar-refractivity contribution in [2.75, 3.05) is 16.4 Å². The van der Waals surface area contributed by atoms with Crippen LogP contribution in [0.15, 0.2) is 71.7 Å². The van der Waals surface area contributed by atoms with E-state index in [4.69, 9.17) is 27.9 Å². The average Bonchev–Trinajstić information content (AvgIpc) is 3.27. The van der Waals surface area contributed by atoms with Crippen molar-refractivity contribution in [2.24, 2.45) is 4.99 Å². The van der Waals surface area contributed by atoms with Gasteiger partial charge in [0.2, 0.25) is 0 Å². The monoisotopic (exact) mass is 560 g/mol. The van der Waals surface area contributed by atoms with E-state index < -0.39 is 15.9 Å². The highest BCUT2D eigenvalue weighted by Gasteiger charge is 2.50. The Hall–Kier alpha value is -2.52. The molecule has 3 aromatic rings. The molecule has 2 aliphatic heterocycles. The number of hydrogen-bond donors (Lipinski definition) is 0. The zero-order valence-corrected chi connectivity index (χ0v) is 22.4. The maximum Gasteiger partial charge on any atom is 0.252 e. The minimum atomic E-state index is -3.23. The van der Waals surface area contributed by atoms with Crippen LogP contribution in [0.1, 0.15) is 11.1 Å². The summed E-state index contributed by atoms with van der Waals surface area (Å²) in [6, 6.07) is 19.5. The molecule has 0 N–H and O–H groups in total. The van der Waals surface area contributed by atoms with E-state index in [1.807, 2.05) is 37.3 Å². The van der Waals surface area contributed by atoms with Gasteiger partial charge in [-0.25, -0.2) is 8.42 Å². The molecular formula is C26H22Cl2N2O4S2. The van der Waals surface area contributed by atoms with Crippen LogP contribution in [0.5, 0.6) is 11.5 Å². The summed E-state index contributed by atoms with van der Waals surface area (Å²) >= 11 is 13.9. The molecule has 36 heavy (non-hydrogen) atoms. The second-order valence-electron chi connectivity index (χ2n) is 8.76. The number of halogens is 2. The van der Waals surface area contributed by atoms with E-state index in [-0.39, 0.29) is 29.1 Å². The molecule has 5 rings (SSSR count). The molecular weight excluding hydrogens is 539 g/mol. The first kappa shape index (κ1) is 25.1. The zero-order chi connectivity index (χ0) is 25.4. The molecule has 0 saturated carbocycles. The van der Waals surface area contributed by atoms with E-state index in [1.54, 1.807) is 41.3 Å². The van der Waals surface area contributed by atoms with Crippen LogP contribution in [0.2, 0.25) is 10.0 Å². The van der Waals surface area contributed by atoms with Gasteiger partial charge in [0.05, 0.1) is 29.7 Å². The van der Waals surface area contributed by atoms with Crippen LogP contribution in [0.3, 0.4) is 0 Å². The lowest BCUT2D eigenvalue weighted by atomic mass is 10.1. The van der Waals surface area contributed by atoms with Crippen LogP contribution in [0.4, 0.5) is 5.69 Å². The van der Waals surface area contributed by atoms with Crippen LogP contribution in [0, 0.1) is 6.92 Å². The zero-order valence-electron chi connectivity index (χ0n) is 19.2. The fraction of sp³-hybridized carbons (Fsp3) is 0.231. The SMILES string of the molecule is Cc1cccc(Oc2ccc(Cl)cc2N2C(=NC(=O)Cc3ccccc3Cl)S[C@H]3CS(=O)(=O)C[C@H]32)c1. The van der Waals surface area contributed by atoms with E-state index in [0.717, 1.165) is 5.56 Å². The normalized spacial score (nSPS) is 21.5. The number of amides is 1. The first-order chi connectivity index (χ1) is 17.2. The molecule has 0 aliphatic carbocycles. The molecule has 0 radical (unpaired) electrons. The summed E-state index contributed by atoms with van der Waals surface area (Å²) in [4.78, 5) is 19.2. The van der Waals surface area contributed by atoms with Crippen LogP contribution < -0.4 is 9.64 Å². The third-order valence-electron chi connectivity index (χ3n) is 5.98. The number of thioether (sulfide) groups is 1. The Labute approximate surface area is 224 Å². The lowest BCUT2D eigenvalue weighted by Gasteiger charge is -2.27. The molecule has 186 valence electrons. The number of carbonyl (C=O) groups excluding carboxylic acids is 1. The highest BCUT2D eigenvalue weighted by atomic mass is 35.5. The smallest absolute Gasteiger partial charge is 0.252 e. The van der Waals surface area contributed by atoms with Gasteiger partial charge < -0.3 is 9.64 Å². The van der Waals surface area contributed by atoms with Crippen molar-refractivity contribution in [3.8, 4) is 11.5 Å². The fourth-order valence-corrected chi connectivity index (χ4v) is 8.66. The fourth-order valence-electron chi connectivity index (χ4n) is 4.37. The third-order valence-corrected chi connectivity index (χ3v) is 9.80. The highest BCUT2D eigenvalue weighted by molar-refractivity contribution is 8.16. The number of aryl methyl sites for hydroxylation is 1. The Morgan fingerprint density at radius 2 is 1.89 bits per heavy atom. The largest absolute Gasteiger partial charge is 0.455 e. The van der Waals surface area contributed by atoms with Gasteiger partial charge in [-0.1, -0.05) is 65.3 Å². The molecule has 6 nitrogen and oxygen atoms in total. The molecule has 2 saturated heterocycles. The van der Waals surface area contributed by atoms with Crippen molar-refractivity contribution in [3.63, 3.8) is 0 Å². The van der Waals surface area contributed by atoms with Crippen molar-refractivity contribution >= 4 is 61.6 Å². The molecule has 0 spiro atoms. The predicted octanol–water partition coefficient (Wildman–Crippen LogP) is 5.94. The summed E-state index contributed by atoms with van der Waals surface area (Å²) in [6.45, 7) is 1.97. The Bertz CT molecular complexity index is 1480. The standard InChI is InChI=1S/C26H22Cl2N2O4S2/c1-16-5-4-7-19(11-16)34-23-10-9-18(27)13-21(23)30-22-14-36(32,33)15-24(22)35-26(30)29-25(31)12-17-6-2-3-8-20(17)28/h2-11,13,22,24H,12,14-15H2,1H3/t22-,24+/m1/s1. The third kappa shape index (κ3) is 5.42. The van der Waals surface area contributed by atoms with E-state index in [2.05, 4.69) is 4.99 Å². The van der Waals surface area contributed by atoms with E-state index in [0.29, 0.717) is 38.0 Å². The second-order valence-corrected chi connectivity index (χ2v) is 13.0. The molecule has 2 heterocycles. The Morgan fingerprint density at radius 1 is 1.08 bits per heavy atom. The highest BCUT2D eigenvalue weighted by Crippen LogP contribution is 2.45. The first-order valence-electron chi connectivity index (χ1n) is 11.2. The van der Waals surface area contributed by atoms with Crippen molar-refractivity contribution in [2.45, 2.75) is 24.6 Å². The Balaban J connectivity index is 1.54. The Kier molecular flexibility index (Phi) is 7.05. The molecule has 2 aliphatic rings. The predicted molar refractivity (Wildman–Crippen MR) is 147 cm³/mol. The number of hydrogen-bond acceptors (Lipinski definition) is 5. The van der Waals surface area contributed by atoms with E-state index in [1.165, 1.54) is 11.8 Å². The number of ether oxygens (including phenoxy) is 1. The lowest BCUT2D eigenvalue weighted by molar-refractivity contribution is -0.117. The topological polar surface area (TPSA) is 76.0 Å². The van der Waals surface area contributed by atoms with Gasteiger partial charge in [0.15, 0.2) is 20.8 Å². The van der Waals surface area contributed by atoms with Crippen molar-refractivity contribution in [1.29, 1.82) is 0 Å². The van der Waals surface area contributed by atoms with Gasteiger partial charge in [-0.2, -0.15) is 4.99 Å². The molecule has 2 atom stereocenters. The average molecular weight is 562 g/mol. The lowest BCUT2D eigenvalue weighted by Crippen LogP contribution is -2.38. The molecule has 3 aromatic carbocycles. The maximum absolute atomic E-state index is 13.0. The number of fused-ring (bicyclic) bond motifs is 1. The number of benzene rings is 3. The first-order valence-corrected chi connectivity index (χ1v) is 14.7. The van der Waals surface area contributed by atoms with E-state index >= 15 is 0 Å². The number of aliphatic imine (C=N–C) groups is 1. The Morgan fingerprint density at radius 3 is 2.67 bits per heavy atom. The second kappa shape index (κ2) is 10.1. The van der Waals surface area contributed by atoms with Gasteiger partial charge in [-0.3, -0.25) is 4.79 Å². The molecule has 0 unspecified atom stereocenters. The minimum Gasteiger partial charge on any atom is -0.455 e. The van der Waals surface area contributed by atoms with Crippen LogP contribution in [0.25, 0.3) is 0 Å². The number of anilines is 1. The van der Waals surface area contributed by atoms with Gasteiger partial charge >= 0.3 is 0 Å². The summed E-state index contributed by atoms with van der Waals surface area (Å²) in [5, 5.41) is 1.12.